The summed E-state index contributed by atoms with van der Waals surface area (Å²) in [4.78, 5) is 42.5. The van der Waals surface area contributed by atoms with E-state index in [0.29, 0.717) is 22.5 Å². The molecule has 0 spiro atoms. The molecule has 11 heteroatoms. The summed E-state index contributed by atoms with van der Waals surface area (Å²) < 4.78 is 9.32. The minimum atomic E-state index is -0.574. The molecule has 0 radical (unpaired) electrons. The molecular weight excluding hydrogens is 418 g/mol. The van der Waals surface area contributed by atoms with Crippen LogP contribution in [0.25, 0.3) is 0 Å². The summed E-state index contributed by atoms with van der Waals surface area (Å²) in [6.45, 7) is 1.50. The zero-order valence-electron chi connectivity index (χ0n) is 17.4. The SMILES string of the molecule is COC(=O)c1ccc(Nc2nc(C)c([N+](=O)[O-])c(Nc3ccc(C(=O)OC)cc3)n2)cc1. The van der Waals surface area contributed by atoms with Crippen LogP contribution in [0.5, 0.6) is 0 Å². The van der Waals surface area contributed by atoms with Crippen molar-refractivity contribution < 1.29 is 24.0 Å². The van der Waals surface area contributed by atoms with Crippen LogP contribution in [-0.2, 0) is 9.47 Å². The first-order chi connectivity index (χ1) is 15.3. The van der Waals surface area contributed by atoms with Crippen molar-refractivity contribution >= 4 is 40.8 Å². The largest absolute Gasteiger partial charge is 0.465 e. The third kappa shape index (κ3) is 4.95. The molecule has 11 nitrogen and oxygen atoms in total. The van der Waals surface area contributed by atoms with Crippen LogP contribution in [0.4, 0.5) is 28.8 Å². The van der Waals surface area contributed by atoms with E-state index >= 15 is 0 Å². The molecule has 0 aliphatic heterocycles. The Morgan fingerprint density at radius 3 is 1.75 bits per heavy atom. The number of rotatable bonds is 7. The van der Waals surface area contributed by atoms with Crippen LogP contribution in [0.15, 0.2) is 48.5 Å². The van der Waals surface area contributed by atoms with Crippen LogP contribution < -0.4 is 10.6 Å². The van der Waals surface area contributed by atoms with E-state index in [9.17, 15) is 19.7 Å². The lowest BCUT2D eigenvalue weighted by Gasteiger charge is -2.11. The van der Waals surface area contributed by atoms with E-state index in [1.807, 2.05) is 0 Å². The highest BCUT2D eigenvalue weighted by atomic mass is 16.6. The molecule has 0 atom stereocenters. The van der Waals surface area contributed by atoms with Gasteiger partial charge in [-0.1, -0.05) is 0 Å². The number of nitro groups is 1. The molecule has 2 N–H and O–H groups in total. The molecule has 0 unspecified atom stereocenters. The zero-order valence-corrected chi connectivity index (χ0v) is 17.4. The van der Waals surface area contributed by atoms with Crippen molar-refractivity contribution in [1.82, 2.24) is 9.97 Å². The van der Waals surface area contributed by atoms with Crippen molar-refractivity contribution in [1.29, 1.82) is 0 Å². The van der Waals surface area contributed by atoms with Crippen molar-refractivity contribution in [2.24, 2.45) is 0 Å². The average Bonchev–Trinajstić information content (AvgIpc) is 2.78. The third-order valence-electron chi connectivity index (χ3n) is 4.37. The molecule has 3 aromatic rings. The number of nitrogens with zero attached hydrogens (tertiary/aromatic N) is 3. The molecule has 0 saturated carbocycles. The number of hydrogen-bond acceptors (Lipinski definition) is 10. The van der Waals surface area contributed by atoms with E-state index < -0.39 is 16.9 Å². The minimum Gasteiger partial charge on any atom is -0.465 e. The van der Waals surface area contributed by atoms with Gasteiger partial charge in [0.25, 0.3) is 0 Å². The van der Waals surface area contributed by atoms with Crippen molar-refractivity contribution in [3.63, 3.8) is 0 Å². The fourth-order valence-electron chi connectivity index (χ4n) is 2.81. The van der Waals surface area contributed by atoms with Gasteiger partial charge in [0.15, 0.2) is 0 Å². The zero-order chi connectivity index (χ0) is 23.3. The number of carbonyl (C=O) groups excluding carboxylic acids is 2. The number of ether oxygens (including phenoxy) is 2. The molecule has 0 aliphatic rings. The summed E-state index contributed by atoms with van der Waals surface area (Å²) in [7, 11) is 2.57. The molecule has 3 rings (SSSR count). The Kier molecular flexibility index (Phi) is 6.59. The fraction of sp³-hybridized carbons (Fsp3) is 0.143. The van der Waals surface area contributed by atoms with Gasteiger partial charge < -0.3 is 20.1 Å². The number of carbonyl (C=O) groups is 2. The fourth-order valence-corrected chi connectivity index (χ4v) is 2.81. The number of nitrogens with one attached hydrogen (secondary N) is 2. The first-order valence-corrected chi connectivity index (χ1v) is 9.26. The van der Waals surface area contributed by atoms with Crippen molar-refractivity contribution in [3.05, 3.63) is 75.5 Å². The first kappa shape index (κ1) is 22.2. The molecule has 1 aromatic heterocycles. The minimum absolute atomic E-state index is 0.0259. The van der Waals surface area contributed by atoms with E-state index in [1.165, 1.54) is 33.3 Å². The number of anilines is 4. The molecule has 0 saturated heterocycles. The molecular formula is C21H19N5O6. The van der Waals surface area contributed by atoms with Crippen molar-refractivity contribution in [3.8, 4) is 0 Å². The van der Waals surface area contributed by atoms with Crippen LogP contribution >= 0.6 is 0 Å². The Morgan fingerprint density at radius 1 is 0.844 bits per heavy atom. The first-order valence-electron chi connectivity index (χ1n) is 9.26. The van der Waals surface area contributed by atoms with Crippen LogP contribution in [0, 0.1) is 17.0 Å². The van der Waals surface area contributed by atoms with E-state index in [2.05, 4.69) is 30.1 Å². The lowest BCUT2D eigenvalue weighted by atomic mass is 10.2. The van der Waals surface area contributed by atoms with Crippen LogP contribution in [0.3, 0.4) is 0 Å². The van der Waals surface area contributed by atoms with Crippen LogP contribution in [-0.4, -0.2) is 41.0 Å². The Hall–Kier alpha value is -4.54. The molecule has 32 heavy (non-hydrogen) atoms. The monoisotopic (exact) mass is 437 g/mol. The summed E-state index contributed by atoms with van der Waals surface area (Å²) in [5, 5.41) is 17.4. The highest BCUT2D eigenvalue weighted by molar-refractivity contribution is 5.90. The molecule has 0 bridgehead atoms. The molecule has 0 fully saturated rings. The predicted molar refractivity (Wildman–Crippen MR) is 116 cm³/mol. The standard InChI is InChI=1S/C21H19N5O6/c1-12-17(26(29)30)18(23-15-8-4-13(5-9-15)19(27)31-2)25-21(22-12)24-16-10-6-14(7-11-16)20(28)32-3/h4-11H,1-3H3,(H2,22,23,24,25). The lowest BCUT2D eigenvalue weighted by molar-refractivity contribution is -0.385. The molecule has 0 aliphatic carbocycles. The van der Waals surface area contributed by atoms with Gasteiger partial charge in [-0.25, -0.2) is 14.6 Å². The summed E-state index contributed by atoms with van der Waals surface area (Å²) in [5.41, 5.74) is 1.62. The van der Waals surface area contributed by atoms with Gasteiger partial charge in [-0.05, 0) is 55.5 Å². The normalized spacial score (nSPS) is 10.2. The van der Waals surface area contributed by atoms with Gasteiger partial charge in [-0.2, -0.15) is 4.98 Å². The Labute approximate surface area is 182 Å². The Morgan fingerprint density at radius 2 is 1.31 bits per heavy atom. The molecule has 0 amide bonds. The number of hydrogen-bond donors (Lipinski definition) is 2. The number of methoxy groups -OCH3 is 2. The lowest BCUT2D eigenvalue weighted by Crippen LogP contribution is -2.08. The van der Waals surface area contributed by atoms with Gasteiger partial charge in [0, 0.05) is 11.4 Å². The summed E-state index contributed by atoms with van der Waals surface area (Å²) in [6.07, 6.45) is 0. The highest BCUT2D eigenvalue weighted by Gasteiger charge is 2.22. The van der Waals surface area contributed by atoms with E-state index in [-0.39, 0.29) is 23.1 Å². The smallest absolute Gasteiger partial charge is 0.337 e. The van der Waals surface area contributed by atoms with Gasteiger partial charge >= 0.3 is 17.6 Å². The van der Waals surface area contributed by atoms with E-state index in [0.717, 1.165) is 0 Å². The maximum absolute atomic E-state index is 11.6. The molecule has 164 valence electrons. The second-order valence-corrected chi connectivity index (χ2v) is 6.47. The van der Waals surface area contributed by atoms with Gasteiger partial charge in [-0.3, -0.25) is 10.1 Å². The predicted octanol–water partition coefficient (Wildman–Crippen LogP) is 3.75. The van der Waals surface area contributed by atoms with Gasteiger partial charge in [0.05, 0.1) is 30.3 Å². The van der Waals surface area contributed by atoms with Crippen LogP contribution in [0.1, 0.15) is 26.4 Å². The van der Waals surface area contributed by atoms with E-state index in [4.69, 9.17) is 0 Å². The highest BCUT2D eigenvalue weighted by Crippen LogP contribution is 2.30. The van der Waals surface area contributed by atoms with Crippen LogP contribution in [0.2, 0.25) is 0 Å². The van der Waals surface area contributed by atoms with Crippen molar-refractivity contribution in [2.45, 2.75) is 6.92 Å². The maximum Gasteiger partial charge on any atom is 0.337 e. The topological polar surface area (TPSA) is 146 Å². The number of aromatic nitrogens is 2. The summed E-state index contributed by atoms with van der Waals surface area (Å²) in [6, 6.07) is 12.6. The van der Waals surface area contributed by atoms with Gasteiger partial charge in [0.2, 0.25) is 11.8 Å². The maximum atomic E-state index is 11.6. The van der Waals surface area contributed by atoms with E-state index in [1.54, 1.807) is 36.4 Å². The van der Waals surface area contributed by atoms with Crippen molar-refractivity contribution in [2.75, 3.05) is 24.9 Å². The van der Waals surface area contributed by atoms with Gasteiger partial charge in [-0.15, -0.1) is 0 Å². The molecule has 2 aromatic carbocycles. The second-order valence-electron chi connectivity index (χ2n) is 6.47. The Bertz CT molecular complexity index is 1160. The third-order valence-corrected chi connectivity index (χ3v) is 4.37. The number of benzene rings is 2. The molecule has 1 heterocycles. The Balaban J connectivity index is 1.89. The average molecular weight is 437 g/mol. The quantitative estimate of drug-likeness (QED) is 0.318. The second kappa shape index (κ2) is 9.51. The van der Waals surface area contributed by atoms with Gasteiger partial charge in [0.1, 0.15) is 5.69 Å². The number of aryl methyl sites for hydroxylation is 1. The summed E-state index contributed by atoms with van der Waals surface area (Å²) in [5.74, 6) is -0.872. The summed E-state index contributed by atoms with van der Waals surface area (Å²) >= 11 is 0. The number of esters is 2.